The summed E-state index contributed by atoms with van der Waals surface area (Å²) < 4.78 is 0. The fourth-order valence-electron chi connectivity index (χ4n) is 1.81. The first kappa shape index (κ1) is 9.85. The molecule has 0 bridgehead atoms. The number of hydrogen-bond acceptors (Lipinski definition) is 1. The molecule has 0 aliphatic rings. The Bertz CT molecular complexity index is 651. The van der Waals surface area contributed by atoms with Crippen LogP contribution in [0.5, 0.6) is 0 Å². The van der Waals surface area contributed by atoms with Crippen LogP contribution in [0.4, 0.5) is 0 Å². The third-order valence-corrected chi connectivity index (χ3v) is 2.71. The van der Waals surface area contributed by atoms with E-state index in [-0.39, 0.29) is 0 Å². The first-order valence-electron chi connectivity index (χ1n) is 5.58. The van der Waals surface area contributed by atoms with Crippen LogP contribution < -0.4 is 0 Å². The van der Waals surface area contributed by atoms with E-state index in [2.05, 4.69) is 46.4 Å². The molecule has 1 N–H and O–H groups in total. The van der Waals surface area contributed by atoms with Gasteiger partial charge in [0.2, 0.25) is 0 Å². The van der Waals surface area contributed by atoms with Crippen LogP contribution in [-0.2, 0) is 0 Å². The number of hydrogen-bond donors (Lipinski definition) is 1. The van der Waals surface area contributed by atoms with Crippen LogP contribution in [0.3, 0.4) is 0 Å². The molecule has 2 nitrogen and oxygen atoms in total. The molecule has 0 aliphatic heterocycles. The molecule has 1 heterocycles. The Morgan fingerprint density at radius 2 is 1.71 bits per heavy atom. The van der Waals surface area contributed by atoms with Crippen molar-refractivity contribution in [1.82, 2.24) is 9.97 Å². The molecule has 0 fully saturated rings. The van der Waals surface area contributed by atoms with Crippen molar-refractivity contribution in [2.45, 2.75) is 0 Å². The van der Waals surface area contributed by atoms with Crippen molar-refractivity contribution >= 4 is 23.2 Å². The van der Waals surface area contributed by atoms with Gasteiger partial charge in [-0.2, -0.15) is 0 Å². The third-order valence-electron chi connectivity index (χ3n) is 2.71. The Labute approximate surface area is 99.6 Å². The van der Waals surface area contributed by atoms with Gasteiger partial charge in [0.25, 0.3) is 0 Å². The van der Waals surface area contributed by atoms with Crippen LogP contribution in [0, 0.1) is 0 Å². The molecule has 3 rings (SSSR count). The normalized spacial score (nSPS) is 11.3. The SMILES string of the molecule is C(=C\c1ccc2nc[nH]c2c1)/c1ccccc1. The second-order valence-electron chi connectivity index (χ2n) is 3.92. The van der Waals surface area contributed by atoms with Gasteiger partial charge < -0.3 is 4.98 Å². The summed E-state index contributed by atoms with van der Waals surface area (Å²) in [4.78, 5) is 7.31. The number of benzene rings is 2. The van der Waals surface area contributed by atoms with E-state index >= 15 is 0 Å². The summed E-state index contributed by atoms with van der Waals surface area (Å²) >= 11 is 0. The summed E-state index contributed by atoms with van der Waals surface area (Å²) in [5.74, 6) is 0. The van der Waals surface area contributed by atoms with Crippen molar-refractivity contribution in [1.29, 1.82) is 0 Å². The predicted molar refractivity (Wildman–Crippen MR) is 71.5 cm³/mol. The zero-order valence-corrected chi connectivity index (χ0v) is 9.30. The molecule has 1 aromatic heterocycles. The van der Waals surface area contributed by atoms with Crippen molar-refractivity contribution in [3.63, 3.8) is 0 Å². The predicted octanol–water partition coefficient (Wildman–Crippen LogP) is 3.73. The van der Waals surface area contributed by atoms with Gasteiger partial charge in [-0.1, -0.05) is 48.6 Å². The largest absolute Gasteiger partial charge is 0.345 e. The van der Waals surface area contributed by atoms with Crippen LogP contribution >= 0.6 is 0 Å². The van der Waals surface area contributed by atoms with Gasteiger partial charge >= 0.3 is 0 Å². The Kier molecular flexibility index (Phi) is 2.47. The van der Waals surface area contributed by atoms with Gasteiger partial charge in [0.15, 0.2) is 0 Å². The Balaban J connectivity index is 1.92. The summed E-state index contributed by atoms with van der Waals surface area (Å²) in [6, 6.07) is 16.5. The summed E-state index contributed by atoms with van der Waals surface area (Å²) in [5, 5.41) is 0. The molecule has 82 valence electrons. The molecule has 17 heavy (non-hydrogen) atoms. The van der Waals surface area contributed by atoms with Crippen LogP contribution in [0.1, 0.15) is 11.1 Å². The monoisotopic (exact) mass is 220 g/mol. The van der Waals surface area contributed by atoms with E-state index in [1.165, 1.54) is 11.1 Å². The summed E-state index contributed by atoms with van der Waals surface area (Å²) in [6.07, 6.45) is 5.93. The lowest BCUT2D eigenvalue weighted by atomic mass is 10.1. The van der Waals surface area contributed by atoms with Gasteiger partial charge in [-0.25, -0.2) is 4.98 Å². The summed E-state index contributed by atoms with van der Waals surface area (Å²) in [7, 11) is 0. The maximum atomic E-state index is 4.20. The topological polar surface area (TPSA) is 28.7 Å². The number of fused-ring (bicyclic) bond motifs is 1. The quantitative estimate of drug-likeness (QED) is 0.655. The number of aromatic nitrogens is 2. The van der Waals surface area contributed by atoms with Gasteiger partial charge in [-0.05, 0) is 23.3 Å². The number of H-pyrrole nitrogens is 1. The lowest BCUT2D eigenvalue weighted by Gasteiger charge is -1.94. The highest BCUT2D eigenvalue weighted by atomic mass is 14.9. The highest BCUT2D eigenvalue weighted by Gasteiger charge is 1.95. The second-order valence-corrected chi connectivity index (χ2v) is 3.92. The summed E-state index contributed by atoms with van der Waals surface area (Å²) in [5.41, 5.74) is 4.45. The lowest BCUT2D eigenvalue weighted by Crippen LogP contribution is -1.74. The van der Waals surface area contributed by atoms with Crippen LogP contribution in [-0.4, -0.2) is 9.97 Å². The van der Waals surface area contributed by atoms with Crippen molar-refractivity contribution in [3.8, 4) is 0 Å². The Morgan fingerprint density at radius 3 is 2.59 bits per heavy atom. The van der Waals surface area contributed by atoms with Gasteiger partial charge in [0.05, 0.1) is 17.4 Å². The molecule has 3 aromatic rings. The molecule has 0 radical (unpaired) electrons. The maximum absolute atomic E-state index is 4.20. The van der Waals surface area contributed by atoms with E-state index in [0.717, 1.165) is 11.0 Å². The molecule has 0 aliphatic carbocycles. The van der Waals surface area contributed by atoms with Crippen LogP contribution in [0.25, 0.3) is 23.2 Å². The highest BCUT2D eigenvalue weighted by Crippen LogP contribution is 2.14. The zero-order chi connectivity index (χ0) is 11.5. The van der Waals surface area contributed by atoms with Crippen molar-refractivity contribution in [2.24, 2.45) is 0 Å². The van der Waals surface area contributed by atoms with Crippen molar-refractivity contribution in [3.05, 3.63) is 66.0 Å². The van der Waals surface area contributed by atoms with Gasteiger partial charge in [-0.3, -0.25) is 0 Å². The van der Waals surface area contributed by atoms with E-state index in [1.807, 2.05) is 24.3 Å². The Hall–Kier alpha value is -2.35. The van der Waals surface area contributed by atoms with E-state index < -0.39 is 0 Å². The van der Waals surface area contributed by atoms with E-state index in [0.29, 0.717) is 0 Å². The lowest BCUT2D eigenvalue weighted by molar-refractivity contribution is 1.34. The van der Waals surface area contributed by atoms with Gasteiger partial charge in [-0.15, -0.1) is 0 Å². The number of rotatable bonds is 2. The average Bonchev–Trinajstić information content (AvgIpc) is 2.85. The molecule has 0 amide bonds. The number of aromatic amines is 1. The number of nitrogens with zero attached hydrogens (tertiary/aromatic N) is 1. The fourth-order valence-corrected chi connectivity index (χ4v) is 1.81. The van der Waals surface area contributed by atoms with E-state index in [9.17, 15) is 0 Å². The zero-order valence-electron chi connectivity index (χ0n) is 9.30. The van der Waals surface area contributed by atoms with Gasteiger partial charge in [0.1, 0.15) is 0 Å². The molecule has 2 aromatic carbocycles. The minimum absolute atomic E-state index is 1.00. The number of imidazole rings is 1. The maximum Gasteiger partial charge on any atom is 0.0931 e. The minimum Gasteiger partial charge on any atom is -0.345 e. The molecule has 0 saturated heterocycles. The smallest absolute Gasteiger partial charge is 0.0931 e. The highest BCUT2D eigenvalue weighted by molar-refractivity contribution is 5.80. The molecule has 0 saturated carbocycles. The first-order valence-corrected chi connectivity index (χ1v) is 5.58. The van der Waals surface area contributed by atoms with Crippen LogP contribution in [0.15, 0.2) is 54.9 Å². The van der Waals surface area contributed by atoms with Crippen LogP contribution in [0.2, 0.25) is 0 Å². The fraction of sp³-hybridized carbons (Fsp3) is 0. The average molecular weight is 220 g/mol. The molecular formula is C15H12N2. The molecule has 0 unspecified atom stereocenters. The summed E-state index contributed by atoms with van der Waals surface area (Å²) in [6.45, 7) is 0. The third kappa shape index (κ3) is 2.11. The van der Waals surface area contributed by atoms with E-state index in [4.69, 9.17) is 0 Å². The van der Waals surface area contributed by atoms with Crippen molar-refractivity contribution < 1.29 is 0 Å². The second kappa shape index (κ2) is 4.26. The molecular weight excluding hydrogens is 208 g/mol. The van der Waals surface area contributed by atoms with E-state index in [1.54, 1.807) is 6.33 Å². The first-order chi connectivity index (χ1) is 8.42. The standard InChI is InChI=1S/C15H12N2/c1-2-4-12(5-3-1)6-7-13-8-9-14-15(10-13)17-11-16-14/h1-11H,(H,16,17)/b7-6+. The Morgan fingerprint density at radius 1 is 0.882 bits per heavy atom. The number of nitrogens with one attached hydrogen (secondary N) is 1. The molecule has 2 heteroatoms. The minimum atomic E-state index is 1.00. The molecule has 0 spiro atoms. The van der Waals surface area contributed by atoms with Gasteiger partial charge in [0, 0.05) is 0 Å². The van der Waals surface area contributed by atoms with Crippen molar-refractivity contribution in [2.75, 3.05) is 0 Å². The molecule has 0 atom stereocenters.